The molecule has 2 aromatic rings. The summed E-state index contributed by atoms with van der Waals surface area (Å²) in [6.45, 7) is 7.18. The average molecular weight is 542 g/mol. The van der Waals surface area contributed by atoms with Crippen molar-refractivity contribution in [3.05, 3.63) is 41.8 Å². The standard InChI is InChI=1S/C28H39N5O4S/c1-20(2)19-22(23(34)25-31-32-27(37-25)38-18-17-33-15-9-10-16-33)29-26(36)28(13-7-4-8-14-28)30-24(35)21-11-5-3-6-12-21/h3,5-6,11-12,20,22H,4,7-10,13-19H2,1-2H3,(H,29,36)(H,30,35). The van der Waals surface area contributed by atoms with E-state index >= 15 is 0 Å². The molecule has 0 radical (unpaired) electrons. The second-order valence-electron chi connectivity index (χ2n) is 10.8. The summed E-state index contributed by atoms with van der Waals surface area (Å²) in [6.07, 6.45) is 6.61. The van der Waals surface area contributed by atoms with Gasteiger partial charge in [-0.05, 0) is 63.2 Å². The molecule has 10 heteroatoms. The zero-order chi connectivity index (χ0) is 27.0. The van der Waals surface area contributed by atoms with E-state index in [4.69, 9.17) is 4.42 Å². The van der Waals surface area contributed by atoms with Crippen LogP contribution in [-0.2, 0) is 4.79 Å². The van der Waals surface area contributed by atoms with Crippen LogP contribution in [0.2, 0.25) is 0 Å². The summed E-state index contributed by atoms with van der Waals surface area (Å²) >= 11 is 1.44. The van der Waals surface area contributed by atoms with Gasteiger partial charge in [0.15, 0.2) is 0 Å². The number of Topliss-reactive ketones (excluding diaryl/α,β-unsaturated/α-hetero) is 1. The molecule has 1 unspecified atom stereocenters. The molecule has 1 aromatic carbocycles. The van der Waals surface area contributed by atoms with Crippen LogP contribution in [0.1, 0.15) is 86.3 Å². The number of benzene rings is 1. The van der Waals surface area contributed by atoms with Crippen LogP contribution in [0.15, 0.2) is 40.0 Å². The number of thioether (sulfide) groups is 1. The van der Waals surface area contributed by atoms with E-state index in [0.29, 0.717) is 30.0 Å². The Bertz CT molecular complexity index is 1080. The smallest absolute Gasteiger partial charge is 0.286 e. The highest BCUT2D eigenvalue weighted by Crippen LogP contribution is 2.30. The summed E-state index contributed by atoms with van der Waals surface area (Å²) in [6, 6.07) is 8.07. The Morgan fingerprint density at radius 3 is 2.42 bits per heavy atom. The Morgan fingerprint density at radius 2 is 1.74 bits per heavy atom. The zero-order valence-corrected chi connectivity index (χ0v) is 23.2. The Labute approximate surface area is 228 Å². The average Bonchev–Trinajstić information content (AvgIpc) is 3.61. The minimum absolute atomic E-state index is 0.0920. The third-order valence-corrected chi connectivity index (χ3v) is 8.11. The van der Waals surface area contributed by atoms with E-state index in [2.05, 4.69) is 25.7 Å². The first-order valence-electron chi connectivity index (χ1n) is 13.8. The summed E-state index contributed by atoms with van der Waals surface area (Å²) in [5, 5.41) is 14.4. The van der Waals surface area contributed by atoms with E-state index in [1.807, 2.05) is 19.9 Å². The molecule has 2 fully saturated rings. The number of aromatic nitrogens is 2. The molecule has 1 saturated carbocycles. The molecule has 206 valence electrons. The molecule has 1 aliphatic carbocycles. The topological polar surface area (TPSA) is 117 Å². The molecule has 0 spiro atoms. The molecule has 2 amide bonds. The van der Waals surface area contributed by atoms with Crippen LogP contribution in [0.25, 0.3) is 0 Å². The van der Waals surface area contributed by atoms with Gasteiger partial charge in [0, 0.05) is 17.9 Å². The van der Waals surface area contributed by atoms with Gasteiger partial charge < -0.3 is 20.0 Å². The molecule has 1 aromatic heterocycles. The summed E-state index contributed by atoms with van der Waals surface area (Å²) in [4.78, 5) is 42.6. The highest BCUT2D eigenvalue weighted by Gasteiger charge is 2.43. The second-order valence-corrected chi connectivity index (χ2v) is 11.8. The molecule has 2 N–H and O–H groups in total. The molecule has 0 bridgehead atoms. The maximum absolute atomic E-state index is 13.7. The van der Waals surface area contributed by atoms with Crippen LogP contribution >= 0.6 is 11.8 Å². The van der Waals surface area contributed by atoms with Crippen LogP contribution in [0, 0.1) is 5.92 Å². The fourth-order valence-electron chi connectivity index (χ4n) is 5.23. The van der Waals surface area contributed by atoms with Crippen molar-refractivity contribution in [2.24, 2.45) is 5.92 Å². The normalized spacial score (nSPS) is 18.3. The van der Waals surface area contributed by atoms with Crippen molar-refractivity contribution >= 4 is 29.4 Å². The van der Waals surface area contributed by atoms with Gasteiger partial charge in [0.05, 0.1) is 6.04 Å². The molecular weight excluding hydrogens is 502 g/mol. The van der Waals surface area contributed by atoms with Gasteiger partial charge in [-0.2, -0.15) is 0 Å². The maximum atomic E-state index is 13.7. The lowest BCUT2D eigenvalue weighted by Crippen LogP contribution is -2.62. The van der Waals surface area contributed by atoms with Gasteiger partial charge in [-0.1, -0.05) is 63.1 Å². The lowest BCUT2D eigenvalue weighted by Gasteiger charge is -2.37. The van der Waals surface area contributed by atoms with Gasteiger partial charge in [-0.25, -0.2) is 0 Å². The largest absolute Gasteiger partial charge is 0.408 e. The Kier molecular flexibility index (Phi) is 9.96. The van der Waals surface area contributed by atoms with Gasteiger partial charge in [0.25, 0.3) is 17.0 Å². The number of nitrogens with one attached hydrogen (secondary N) is 2. The number of carbonyl (C=O) groups is 3. The molecule has 4 rings (SSSR count). The highest BCUT2D eigenvalue weighted by molar-refractivity contribution is 7.99. The first-order valence-corrected chi connectivity index (χ1v) is 14.8. The molecular formula is C28H39N5O4S. The van der Waals surface area contributed by atoms with E-state index in [-0.39, 0.29) is 23.6 Å². The summed E-state index contributed by atoms with van der Waals surface area (Å²) in [7, 11) is 0. The van der Waals surface area contributed by atoms with E-state index < -0.39 is 17.4 Å². The monoisotopic (exact) mass is 541 g/mol. The maximum Gasteiger partial charge on any atom is 0.286 e. The Hall–Kier alpha value is -2.72. The summed E-state index contributed by atoms with van der Waals surface area (Å²) in [5.41, 5.74) is -0.563. The lowest BCUT2D eigenvalue weighted by atomic mass is 9.80. The number of nitrogens with zero attached hydrogens (tertiary/aromatic N) is 3. The van der Waals surface area contributed by atoms with Crippen LogP contribution in [-0.4, -0.2) is 69.7 Å². The van der Waals surface area contributed by atoms with Gasteiger partial charge in [0.1, 0.15) is 5.54 Å². The van der Waals surface area contributed by atoms with E-state index in [9.17, 15) is 14.4 Å². The van der Waals surface area contributed by atoms with Crippen molar-refractivity contribution in [1.29, 1.82) is 0 Å². The van der Waals surface area contributed by atoms with Crippen molar-refractivity contribution < 1.29 is 18.8 Å². The zero-order valence-electron chi connectivity index (χ0n) is 22.4. The SMILES string of the molecule is CC(C)CC(NC(=O)C1(NC(=O)c2ccccc2)CCCCC1)C(=O)c1nnc(SCCN2CCCC2)o1. The molecule has 38 heavy (non-hydrogen) atoms. The van der Waals surface area contributed by atoms with Crippen molar-refractivity contribution in [3.8, 4) is 0 Å². The van der Waals surface area contributed by atoms with Crippen molar-refractivity contribution in [1.82, 2.24) is 25.7 Å². The molecule has 1 aliphatic heterocycles. The van der Waals surface area contributed by atoms with Crippen molar-refractivity contribution in [2.75, 3.05) is 25.4 Å². The number of hydrogen-bond donors (Lipinski definition) is 2. The van der Waals surface area contributed by atoms with Gasteiger partial charge >= 0.3 is 0 Å². The highest BCUT2D eigenvalue weighted by atomic mass is 32.2. The molecule has 1 atom stereocenters. The first kappa shape index (κ1) is 28.3. The van der Waals surface area contributed by atoms with Crippen LogP contribution in [0.5, 0.6) is 0 Å². The van der Waals surface area contributed by atoms with E-state index in [1.54, 1.807) is 24.3 Å². The number of likely N-dealkylation sites (tertiary alicyclic amines) is 1. The third kappa shape index (κ3) is 7.44. The molecule has 9 nitrogen and oxygen atoms in total. The summed E-state index contributed by atoms with van der Waals surface area (Å²) < 4.78 is 5.70. The third-order valence-electron chi connectivity index (χ3n) is 7.31. The van der Waals surface area contributed by atoms with Crippen LogP contribution in [0.3, 0.4) is 0 Å². The lowest BCUT2D eigenvalue weighted by molar-refractivity contribution is -0.129. The molecule has 2 aliphatic rings. The fraction of sp³-hybridized carbons (Fsp3) is 0.607. The van der Waals surface area contributed by atoms with Crippen LogP contribution < -0.4 is 10.6 Å². The van der Waals surface area contributed by atoms with E-state index in [1.165, 1.54) is 24.6 Å². The van der Waals surface area contributed by atoms with Crippen LogP contribution in [0.4, 0.5) is 0 Å². The minimum Gasteiger partial charge on any atom is -0.408 e. The number of carbonyl (C=O) groups excluding carboxylic acids is 3. The Morgan fingerprint density at radius 1 is 1.03 bits per heavy atom. The quantitative estimate of drug-likeness (QED) is 0.305. The second kappa shape index (κ2) is 13.4. The fourth-order valence-corrected chi connectivity index (χ4v) is 5.99. The van der Waals surface area contributed by atoms with Gasteiger partial charge in [-0.3, -0.25) is 14.4 Å². The van der Waals surface area contributed by atoms with Crippen molar-refractivity contribution in [2.45, 2.75) is 82.0 Å². The van der Waals surface area contributed by atoms with E-state index in [0.717, 1.165) is 44.6 Å². The predicted octanol–water partition coefficient (Wildman–Crippen LogP) is 4.10. The Balaban J connectivity index is 1.43. The molecule has 2 heterocycles. The number of amides is 2. The molecule has 1 saturated heterocycles. The number of hydrogen-bond acceptors (Lipinski definition) is 8. The number of ketones is 1. The predicted molar refractivity (Wildman–Crippen MR) is 146 cm³/mol. The minimum atomic E-state index is -1.06. The van der Waals surface area contributed by atoms with Gasteiger partial charge in [0.2, 0.25) is 11.7 Å². The van der Waals surface area contributed by atoms with Gasteiger partial charge in [-0.15, -0.1) is 10.2 Å². The van der Waals surface area contributed by atoms with Crippen molar-refractivity contribution in [3.63, 3.8) is 0 Å². The number of rotatable bonds is 12. The summed E-state index contributed by atoms with van der Waals surface area (Å²) in [5.74, 6) is -0.160. The first-order chi connectivity index (χ1) is 18.4.